The maximum absolute atomic E-state index is 13.9. The van der Waals surface area contributed by atoms with Crippen LogP contribution in [0.3, 0.4) is 0 Å². The number of aliphatic hydroxyl groups excluding tert-OH is 6. The fraction of sp³-hybridized carbons (Fsp3) is 0.865. The molecule has 81 heavy (non-hydrogen) atoms. The van der Waals surface area contributed by atoms with Crippen molar-refractivity contribution >= 4 is 29.6 Å². The molecule has 462 valence electrons. The number of carbonyl (C=O) groups is 5. The van der Waals surface area contributed by atoms with Crippen molar-refractivity contribution in [2.75, 3.05) is 59.3 Å². The van der Waals surface area contributed by atoms with Crippen LogP contribution >= 0.6 is 0 Å². The van der Waals surface area contributed by atoms with Crippen molar-refractivity contribution in [3.63, 3.8) is 0 Å². The summed E-state index contributed by atoms with van der Waals surface area (Å²) in [5.74, 6) is -3.80. The molecule has 0 aromatic carbocycles. The summed E-state index contributed by atoms with van der Waals surface area (Å²) in [5, 5.41) is 83.1. The van der Waals surface area contributed by atoms with Crippen LogP contribution in [-0.4, -0.2) is 254 Å². The average Bonchev–Trinajstić information content (AvgIpc) is 2.96. The SMILES string of the molecule is CC1O[C@H](O[C@@H]2C(C(=O)O)O[C@@H](OCCOCCn3cc(CN(CCCCCN4C(=O)[C@@H]5[C@H](C4=O)[C@H](C(C)(C)C)O[C@@H]5C(C)(C)C)C(=O)CCC(=O)NCCOCCO[C@H]4OC(C)[C@@H](O)[C@H](O)C4N)nn3)C(O)[C@H]2O)C(N)[C@@H](O)[C@@H]1O. The van der Waals surface area contributed by atoms with E-state index in [1.165, 1.54) is 16.5 Å². The number of hydrogen-bond donors (Lipinski definition) is 10. The van der Waals surface area contributed by atoms with Crippen LogP contribution in [0.4, 0.5) is 0 Å². The number of ether oxygens (including phenoxy) is 9. The van der Waals surface area contributed by atoms with Crippen LogP contribution in [0.25, 0.3) is 0 Å². The standard InChI is InChI=1S/C52H88N8O21/c1-26-35(63)37(65)33(53)48(77-26)75-22-20-73-18-14-55-29(61)12-13-30(62)58(15-10-9-11-16-60-45(69)31-32(46(60)70)44(52(6,7)8)81-43(31)51(3,4)5)24-28-25-59(57-56-28)17-19-74-21-23-76-50-40(68)39(67)41(42(80-50)47(71)72)79-49-34(54)38(66)36(64)27(2)78-49/h25-27,31-44,48-50,63-68H,9-24,53-54H2,1-8H3,(H,55,61)(H,71,72)/t26?,27?,31-,32+,33?,34?,35-,36-,37-,38-,39-,40?,41+,42?,43+,44-,48+,49-,50-/m1/s1. The van der Waals surface area contributed by atoms with Gasteiger partial charge in [0.15, 0.2) is 25.0 Å². The smallest absolute Gasteiger partial charge is 0.335 e. The van der Waals surface area contributed by atoms with Gasteiger partial charge in [-0.15, -0.1) is 5.10 Å². The predicted octanol–water partition coefficient (Wildman–Crippen LogP) is -3.30. The minimum absolute atomic E-state index is 0.0542. The molecule has 12 N–H and O–H groups in total. The van der Waals surface area contributed by atoms with Crippen LogP contribution in [0.2, 0.25) is 0 Å². The van der Waals surface area contributed by atoms with Crippen LogP contribution in [0.15, 0.2) is 6.20 Å². The number of unbranched alkanes of at least 4 members (excludes halogenated alkanes) is 2. The van der Waals surface area contributed by atoms with E-state index in [9.17, 15) is 59.7 Å². The Bertz CT molecular complexity index is 2180. The zero-order chi connectivity index (χ0) is 59.7. The normalized spacial score (nSPS) is 34.6. The zero-order valence-electron chi connectivity index (χ0n) is 47.6. The van der Waals surface area contributed by atoms with Gasteiger partial charge in [-0.05, 0) is 43.9 Å². The minimum Gasteiger partial charge on any atom is -0.479 e. The molecule has 0 spiro atoms. The summed E-state index contributed by atoms with van der Waals surface area (Å²) in [6.45, 7) is 16.2. The van der Waals surface area contributed by atoms with Crippen LogP contribution in [0.5, 0.6) is 0 Å². The summed E-state index contributed by atoms with van der Waals surface area (Å²) < 4.78 is 52.3. The fourth-order valence-corrected chi connectivity index (χ4v) is 10.6. The lowest BCUT2D eigenvalue weighted by Crippen LogP contribution is -2.66. The third-order valence-electron chi connectivity index (χ3n) is 15.2. The third kappa shape index (κ3) is 16.9. The molecule has 5 saturated heterocycles. The third-order valence-corrected chi connectivity index (χ3v) is 15.2. The van der Waals surface area contributed by atoms with Gasteiger partial charge < -0.3 is 100 Å². The number of nitrogens with zero attached hydrogens (tertiary/aromatic N) is 5. The number of carboxylic acids is 1. The summed E-state index contributed by atoms with van der Waals surface area (Å²) in [7, 11) is 0. The number of nitrogens with two attached hydrogens (primary N) is 2. The molecular weight excluding hydrogens is 1070 g/mol. The second-order valence-corrected chi connectivity index (χ2v) is 23.6. The molecule has 5 aliphatic heterocycles. The topological polar surface area (TPSA) is 411 Å². The lowest BCUT2D eigenvalue weighted by molar-refractivity contribution is -0.337. The van der Waals surface area contributed by atoms with Crippen molar-refractivity contribution in [2.24, 2.45) is 34.1 Å². The number of rotatable bonds is 28. The van der Waals surface area contributed by atoms with Gasteiger partial charge in [-0.3, -0.25) is 24.1 Å². The van der Waals surface area contributed by atoms with E-state index >= 15 is 0 Å². The van der Waals surface area contributed by atoms with Crippen molar-refractivity contribution in [2.45, 2.75) is 205 Å². The quantitative estimate of drug-likeness (QED) is 0.0290. The summed E-state index contributed by atoms with van der Waals surface area (Å²) >= 11 is 0. The summed E-state index contributed by atoms with van der Waals surface area (Å²) in [5.41, 5.74) is 11.6. The van der Waals surface area contributed by atoms with Crippen molar-refractivity contribution in [1.82, 2.24) is 30.1 Å². The van der Waals surface area contributed by atoms with Gasteiger partial charge in [-0.1, -0.05) is 46.8 Å². The number of likely N-dealkylation sites (tertiary alicyclic amines) is 1. The van der Waals surface area contributed by atoms with E-state index in [-0.39, 0.29) is 120 Å². The van der Waals surface area contributed by atoms with Gasteiger partial charge in [0.25, 0.3) is 0 Å². The van der Waals surface area contributed by atoms with Gasteiger partial charge in [-0.2, -0.15) is 0 Å². The molecule has 6 heterocycles. The summed E-state index contributed by atoms with van der Waals surface area (Å²) in [6, 6.07) is -2.26. The molecule has 0 saturated carbocycles. The number of fused-ring (bicyclic) bond motifs is 1. The number of aliphatic hydroxyl groups is 6. The monoisotopic (exact) mass is 1160 g/mol. The van der Waals surface area contributed by atoms with E-state index in [0.29, 0.717) is 25.0 Å². The molecular formula is C52H88N8O21. The largest absolute Gasteiger partial charge is 0.479 e. The molecule has 5 aliphatic rings. The van der Waals surface area contributed by atoms with Gasteiger partial charge in [0.05, 0.1) is 107 Å². The molecule has 6 rings (SSSR count). The lowest BCUT2D eigenvalue weighted by atomic mass is 9.74. The van der Waals surface area contributed by atoms with Crippen molar-refractivity contribution in [3.05, 3.63) is 11.9 Å². The first-order chi connectivity index (χ1) is 38.1. The Labute approximate surface area is 471 Å². The molecule has 1 aromatic rings. The Hall–Kier alpha value is -3.99. The number of carbonyl (C=O) groups excluding carboxylic acids is 4. The summed E-state index contributed by atoms with van der Waals surface area (Å²) in [6.07, 6.45) is -15.8. The zero-order valence-corrected chi connectivity index (χ0v) is 47.6. The highest BCUT2D eigenvalue weighted by Crippen LogP contribution is 2.51. The highest BCUT2D eigenvalue weighted by molar-refractivity contribution is 6.06. The van der Waals surface area contributed by atoms with E-state index in [2.05, 4.69) is 15.6 Å². The van der Waals surface area contributed by atoms with E-state index in [0.717, 1.165) is 0 Å². The van der Waals surface area contributed by atoms with E-state index < -0.39 is 122 Å². The van der Waals surface area contributed by atoms with Crippen molar-refractivity contribution in [1.29, 1.82) is 0 Å². The Balaban J connectivity index is 0.956. The Morgan fingerprint density at radius 2 is 1.25 bits per heavy atom. The molecule has 29 nitrogen and oxygen atoms in total. The highest BCUT2D eigenvalue weighted by Gasteiger charge is 2.64. The van der Waals surface area contributed by atoms with E-state index in [4.69, 9.17) is 54.1 Å². The van der Waals surface area contributed by atoms with Crippen LogP contribution in [0, 0.1) is 22.7 Å². The molecule has 4 amide bonds. The van der Waals surface area contributed by atoms with E-state index in [1.807, 2.05) is 41.5 Å². The minimum atomic E-state index is -1.86. The van der Waals surface area contributed by atoms with Crippen LogP contribution < -0.4 is 16.8 Å². The number of aliphatic carboxylic acids is 1. The molecule has 5 fully saturated rings. The number of amides is 4. The Morgan fingerprint density at radius 1 is 0.679 bits per heavy atom. The van der Waals surface area contributed by atoms with Gasteiger partial charge in [0.2, 0.25) is 23.6 Å². The first-order valence-electron chi connectivity index (χ1n) is 27.9. The molecule has 19 atom stereocenters. The Morgan fingerprint density at radius 3 is 1.84 bits per heavy atom. The average molecular weight is 1160 g/mol. The maximum Gasteiger partial charge on any atom is 0.335 e. The van der Waals surface area contributed by atoms with Gasteiger partial charge >= 0.3 is 5.97 Å². The number of nitrogens with one attached hydrogen (secondary N) is 1. The maximum atomic E-state index is 13.9. The van der Waals surface area contributed by atoms with E-state index in [1.54, 1.807) is 18.0 Å². The number of hydrogen-bond acceptors (Lipinski definition) is 24. The molecule has 29 heteroatoms. The first-order valence-corrected chi connectivity index (χ1v) is 27.9. The molecule has 1 aromatic heterocycles. The van der Waals surface area contributed by atoms with Gasteiger partial charge in [-0.25, -0.2) is 9.48 Å². The fourth-order valence-electron chi connectivity index (χ4n) is 10.6. The predicted molar refractivity (Wildman–Crippen MR) is 278 cm³/mol. The number of imide groups is 1. The second kappa shape index (κ2) is 29.2. The van der Waals surface area contributed by atoms with Crippen molar-refractivity contribution < 1.29 is 102 Å². The first kappa shape index (κ1) is 66.2. The lowest BCUT2D eigenvalue weighted by Gasteiger charge is -2.45. The summed E-state index contributed by atoms with van der Waals surface area (Å²) in [4.78, 5) is 69.5. The molecule has 0 bridgehead atoms. The van der Waals surface area contributed by atoms with Gasteiger partial charge in [0, 0.05) is 32.5 Å². The van der Waals surface area contributed by atoms with Crippen LogP contribution in [-0.2, 0) is 79.7 Å². The highest BCUT2D eigenvalue weighted by atomic mass is 16.7. The molecule has 0 aliphatic carbocycles. The van der Waals surface area contributed by atoms with Gasteiger partial charge in [0.1, 0.15) is 48.4 Å². The van der Waals surface area contributed by atoms with Crippen molar-refractivity contribution in [3.8, 4) is 0 Å². The number of carboxylic acid groups (broad SMARTS) is 1. The molecule has 0 radical (unpaired) electrons. The number of aromatic nitrogens is 3. The van der Waals surface area contributed by atoms with Crippen LogP contribution in [0.1, 0.15) is 93.2 Å². The second-order valence-electron chi connectivity index (χ2n) is 23.6. The Kier molecular flexibility index (Phi) is 23.9. The molecule has 6 unspecified atom stereocenters.